The van der Waals surface area contributed by atoms with Crippen LogP contribution in [0.15, 0.2) is 18.2 Å². The van der Waals surface area contributed by atoms with Crippen molar-refractivity contribution in [1.29, 1.82) is 0 Å². The maximum absolute atomic E-state index is 13.0. The summed E-state index contributed by atoms with van der Waals surface area (Å²) in [5.41, 5.74) is 0.400. The summed E-state index contributed by atoms with van der Waals surface area (Å²) in [6.07, 6.45) is 4.83. The number of aliphatic hydroxyl groups is 2. The van der Waals surface area contributed by atoms with E-state index in [1.54, 1.807) is 12.1 Å². The average Bonchev–Trinajstić information content (AvgIpc) is 3.24. The lowest BCUT2D eigenvalue weighted by atomic mass is 9.70. The number of carbonyl (C=O) groups excluding carboxylic acids is 1. The van der Waals surface area contributed by atoms with Crippen molar-refractivity contribution < 1.29 is 15.0 Å². The van der Waals surface area contributed by atoms with Crippen molar-refractivity contribution in [3.8, 4) is 0 Å². The summed E-state index contributed by atoms with van der Waals surface area (Å²) in [4.78, 5) is 17.3. The molecule has 3 rings (SSSR count). The SMILES string of the molecule is CN(C(=O)Cc1ccc(Cl)c(Cl)c1)[C@@H]1CCC(CO)(CO)C[C@H]1N1CCCC1. The Morgan fingerprint density at radius 1 is 1.21 bits per heavy atom. The summed E-state index contributed by atoms with van der Waals surface area (Å²) in [6, 6.07) is 5.55. The van der Waals surface area contributed by atoms with Gasteiger partial charge in [-0.2, -0.15) is 0 Å². The number of benzene rings is 1. The standard InChI is InChI=1S/C21H30Cl2N2O3/c1-24(20(28)11-15-4-5-16(22)17(23)10-15)18-6-7-21(13-26,14-27)12-19(18)25-8-2-3-9-25/h4-5,10,18-19,26-27H,2-3,6-9,11-14H2,1H3/t18-,19-/m1/s1. The highest BCUT2D eigenvalue weighted by molar-refractivity contribution is 6.42. The Kier molecular flexibility index (Phi) is 7.26. The highest BCUT2D eigenvalue weighted by Gasteiger charge is 2.45. The van der Waals surface area contributed by atoms with Crippen LogP contribution in [0, 0.1) is 5.41 Å². The van der Waals surface area contributed by atoms with E-state index in [9.17, 15) is 15.0 Å². The van der Waals surface area contributed by atoms with Gasteiger partial charge in [0.1, 0.15) is 0 Å². The number of hydrogen-bond acceptors (Lipinski definition) is 4. The number of hydrogen-bond donors (Lipinski definition) is 2. The number of halogens is 2. The molecule has 5 nitrogen and oxygen atoms in total. The summed E-state index contributed by atoms with van der Waals surface area (Å²) in [5.74, 6) is 0.0492. The molecule has 1 aromatic rings. The molecule has 1 heterocycles. The third-order valence-electron chi connectivity index (χ3n) is 6.57. The van der Waals surface area contributed by atoms with E-state index in [1.165, 1.54) is 0 Å². The molecule has 156 valence electrons. The molecule has 0 bridgehead atoms. The minimum atomic E-state index is -0.447. The predicted octanol–water partition coefficient (Wildman–Crippen LogP) is 2.98. The maximum atomic E-state index is 13.0. The molecule has 0 unspecified atom stereocenters. The molecule has 2 fully saturated rings. The molecule has 2 N–H and O–H groups in total. The second kappa shape index (κ2) is 9.31. The fourth-order valence-corrected chi connectivity index (χ4v) is 5.02. The first kappa shape index (κ1) is 21.8. The lowest BCUT2D eigenvalue weighted by Crippen LogP contribution is -2.58. The van der Waals surface area contributed by atoms with Crippen LogP contribution in [0.5, 0.6) is 0 Å². The van der Waals surface area contributed by atoms with Gasteiger partial charge in [-0.15, -0.1) is 0 Å². The molecule has 1 aliphatic carbocycles. The van der Waals surface area contributed by atoms with Crippen LogP contribution in [0.4, 0.5) is 0 Å². The van der Waals surface area contributed by atoms with Gasteiger partial charge in [-0.1, -0.05) is 29.3 Å². The van der Waals surface area contributed by atoms with Crippen molar-refractivity contribution in [2.45, 2.75) is 50.6 Å². The summed E-state index contributed by atoms with van der Waals surface area (Å²) in [7, 11) is 1.87. The van der Waals surface area contributed by atoms with Gasteiger partial charge in [0.05, 0.1) is 29.7 Å². The molecule has 1 saturated carbocycles. The molecule has 0 radical (unpaired) electrons. The van der Waals surface area contributed by atoms with Gasteiger partial charge in [-0.3, -0.25) is 9.69 Å². The second-order valence-corrected chi connectivity index (χ2v) is 9.18. The van der Waals surface area contributed by atoms with Crippen LogP contribution in [0.2, 0.25) is 10.0 Å². The quantitative estimate of drug-likeness (QED) is 0.730. The van der Waals surface area contributed by atoms with Gasteiger partial charge in [-0.05, 0) is 62.9 Å². The van der Waals surface area contributed by atoms with Gasteiger partial charge in [0, 0.05) is 24.5 Å². The monoisotopic (exact) mass is 428 g/mol. The van der Waals surface area contributed by atoms with E-state index in [1.807, 2.05) is 18.0 Å². The lowest BCUT2D eigenvalue weighted by Gasteiger charge is -2.49. The number of aliphatic hydroxyl groups excluding tert-OH is 2. The summed E-state index contributed by atoms with van der Waals surface area (Å²) in [5, 5.41) is 20.7. The third-order valence-corrected chi connectivity index (χ3v) is 7.31. The molecule has 0 aromatic heterocycles. The van der Waals surface area contributed by atoms with E-state index in [-0.39, 0.29) is 37.6 Å². The van der Waals surface area contributed by atoms with E-state index in [2.05, 4.69) is 4.90 Å². The number of rotatable bonds is 6. The van der Waals surface area contributed by atoms with E-state index < -0.39 is 5.41 Å². The zero-order chi connectivity index (χ0) is 20.3. The number of likely N-dealkylation sites (N-methyl/N-ethyl adjacent to an activating group) is 1. The molecule has 1 aliphatic heterocycles. The average molecular weight is 429 g/mol. The molecule has 2 atom stereocenters. The van der Waals surface area contributed by atoms with Gasteiger partial charge >= 0.3 is 0 Å². The van der Waals surface area contributed by atoms with E-state index >= 15 is 0 Å². The molecule has 28 heavy (non-hydrogen) atoms. The summed E-state index contributed by atoms with van der Waals surface area (Å²) in [6.45, 7) is 2.01. The minimum Gasteiger partial charge on any atom is -0.396 e. The molecular weight excluding hydrogens is 399 g/mol. The molecular formula is C21H30Cl2N2O3. The smallest absolute Gasteiger partial charge is 0.227 e. The van der Waals surface area contributed by atoms with E-state index in [4.69, 9.17) is 23.2 Å². The van der Waals surface area contributed by atoms with E-state index in [0.717, 1.165) is 50.8 Å². The molecule has 1 aromatic carbocycles. The Hall–Kier alpha value is -0.850. The highest BCUT2D eigenvalue weighted by Crippen LogP contribution is 2.40. The van der Waals surface area contributed by atoms with Gasteiger partial charge in [0.15, 0.2) is 0 Å². The van der Waals surface area contributed by atoms with Crippen LogP contribution in [-0.4, -0.2) is 71.4 Å². The minimum absolute atomic E-state index is 0.0124. The normalized spacial score (nSPS) is 25.0. The Bertz CT molecular complexity index is 690. The van der Waals surface area contributed by atoms with Crippen molar-refractivity contribution >= 4 is 29.1 Å². The number of nitrogens with zero attached hydrogens (tertiary/aromatic N) is 2. The van der Waals surface area contributed by atoms with E-state index in [0.29, 0.717) is 10.0 Å². The van der Waals surface area contributed by atoms with Crippen molar-refractivity contribution in [2.24, 2.45) is 5.41 Å². The van der Waals surface area contributed by atoms with Crippen molar-refractivity contribution in [1.82, 2.24) is 9.80 Å². The Morgan fingerprint density at radius 2 is 1.89 bits per heavy atom. The third kappa shape index (κ3) is 4.65. The largest absolute Gasteiger partial charge is 0.396 e. The van der Waals surface area contributed by atoms with Crippen LogP contribution < -0.4 is 0 Å². The van der Waals surface area contributed by atoms with Gasteiger partial charge in [0.25, 0.3) is 0 Å². The zero-order valence-corrected chi connectivity index (χ0v) is 17.9. The highest BCUT2D eigenvalue weighted by atomic mass is 35.5. The van der Waals surface area contributed by atoms with Crippen LogP contribution in [-0.2, 0) is 11.2 Å². The molecule has 2 aliphatic rings. The Morgan fingerprint density at radius 3 is 2.50 bits per heavy atom. The summed E-state index contributed by atoms with van der Waals surface area (Å²) < 4.78 is 0. The first-order valence-corrected chi connectivity index (χ1v) is 10.8. The molecule has 0 spiro atoms. The fourth-order valence-electron chi connectivity index (χ4n) is 4.70. The van der Waals surface area contributed by atoms with Gasteiger partial charge < -0.3 is 15.1 Å². The lowest BCUT2D eigenvalue weighted by molar-refractivity contribution is -0.135. The second-order valence-electron chi connectivity index (χ2n) is 8.37. The topological polar surface area (TPSA) is 64.0 Å². The van der Waals surface area contributed by atoms with Crippen LogP contribution >= 0.6 is 23.2 Å². The molecule has 1 saturated heterocycles. The molecule has 7 heteroatoms. The van der Waals surface area contributed by atoms with Crippen LogP contribution in [0.1, 0.15) is 37.7 Å². The maximum Gasteiger partial charge on any atom is 0.227 e. The first-order chi connectivity index (χ1) is 13.4. The number of likely N-dealkylation sites (tertiary alicyclic amines) is 1. The zero-order valence-electron chi connectivity index (χ0n) is 16.4. The molecule has 1 amide bonds. The van der Waals surface area contributed by atoms with Crippen molar-refractivity contribution in [2.75, 3.05) is 33.4 Å². The Labute approximate surface area is 177 Å². The van der Waals surface area contributed by atoms with Crippen LogP contribution in [0.25, 0.3) is 0 Å². The van der Waals surface area contributed by atoms with Crippen molar-refractivity contribution in [3.63, 3.8) is 0 Å². The van der Waals surface area contributed by atoms with Crippen LogP contribution in [0.3, 0.4) is 0 Å². The van der Waals surface area contributed by atoms with Crippen molar-refractivity contribution in [3.05, 3.63) is 33.8 Å². The van der Waals surface area contributed by atoms with Gasteiger partial charge in [0.2, 0.25) is 5.91 Å². The Balaban J connectivity index is 1.74. The predicted molar refractivity (Wildman–Crippen MR) is 112 cm³/mol. The fraction of sp³-hybridized carbons (Fsp3) is 0.667. The summed E-state index contributed by atoms with van der Waals surface area (Å²) >= 11 is 12.1. The van der Waals surface area contributed by atoms with Gasteiger partial charge in [-0.25, -0.2) is 0 Å². The first-order valence-electron chi connectivity index (χ1n) is 10.0. The number of carbonyl (C=O) groups is 1. The number of amides is 1.